The van der Waals surface area contributed by atoms with E-state index in [4.69, 9.17) is 5.73 Å². The van der Waals surface area contributed by atoms with Crippen molar-refractivity contribution in [2.24, 2.45) is 5.73 Å². The Bertz CT molecular complexity index is 642. The van der Waals surface area contributed by atoms with Gasteiger partial charge in [0.25, 0.3) is 5.91 Å². The summed E-state index contributed by atoms with van der Waals surface area (Å²) < 4.78 is -0.260. The summed E-state index contributed by atoms with van der Waals surface area (Å²) in [5.41, 5.74) is 8.03. The Morgan fingerprint density at radius 2 is 2.29 bits per heavy atom. The number of aromatic nitrogens is 1. The van der Waals surface area contributed by atoms with Crippen LogP contribution in [0.5, 0.6) is 0 Å². The van der Waals surface area contributed by atoms with Crippen LogP contribution in [-0.4, -0.2) is 38.2 Å². The minimum atomic E-state index is -0.361. The highest BCUT2D eigenvalue weighted by molar-refractivity contribution is 8.01. The fraction of sp³-hybridized carbons (Fsp3) is 0.400. The number of pyridine rings is 1. The number of β-lactam (4-membered cyclic amide) rings is 1. The van der Waals surface area contributed by atoms with Gasteiger partial charge in [0.15, 0.2) is 0 Å². The predicted octanol–water partition coefficient (Wildman–Crippen LogP) is 1.18. The standard InChI is InChI=1S/C15H17N3O2S/c1-15(2)12(8-19)18-13(20)11(14(18)21-15)6-10-5-9(7-16)3-4-17-10/h3-6,8,12,14H,7,16H2,1-2H3/b11-6-/t12-,14?/m0/s1. The Balaban J connectivity index is 1.90. The molecule has 0 saturated carbocycles. The average Bonchev–Trinajstić information content (AvgIpc) is 2.72. The molecule has 5 nitrogen and oxygen atoms in total. The molecular formula is C15H17N3O2S. The first-order chi connectivity index (χ1) is 9.97. The van der Waals surface area contributed by atoms with Crippen molar-refractivity contribution in [3.05, 3.63) is 35.2 Å². The van der Waals surface area contributed by atoms with Crippen LogP contribution < -0.4 is 5.73 Å². The maximum Gasteiger partial charge on any atom is 0.254 e. The molecular weight excluding hydrogens is 286 g/mol. The second kappa shape index (κ2) is 4.96. The number of nitrogens with zero attached hydrogens (tertiary/aromatic N) is 2. The van der Waals surface area contributed by atoms with Gasteiger partial charge in [-0.05, 0) is 37.6 Å². The lowest BCUT2D eigenvalue weighted by Gasteiger charge is -2.38. The van der Waals surface area contributed by atoms with E-state index < -0.39 is 0 Å². The monoisotopic (exact) mass is 303 g/mol. The summed E-state index contributed by atoms with van der Waals surface area (Å²) in [6, 6.07) is 3.37. The van der Waals surface area contributed by atoms with Crippen molar-refractivity contribution >= 4 is 30.0 Å². The molecule has 3 rings (SSSR count). The molecule has 2 N–H and O–H groups in total. The first-order valence-corrected chi connectivity index (χ1v) is 7.68. The molecule has 2 aliphatic rings. The van der Waals surface area contributed by atoms with Crippen LogP contribution in [0.3, 0.4) is 0 Å². The largest absolute Gasteiger partial charge is 0.326 e. The SMILES string of the molecule is CC1(C)SC2/C(=C\c3cc(CN)ccn3)C(=O)N2[C@H]1C=O. The van der Waals surface area contributed by atoms with E-state index in [0.29, 0.717) is 12.1 Å². The van der Waals surface area contributed by atoms with Crippen molar-refractivity contribution < 1.29 is 9.59 Å². The zero-order chi connectivity index (χ0) is 15.2. The van der Waals surface area contributed by atoms with Crippen molar-refractivity contribution in [2.45, 2.75) is 36.6 Å². The number of hydrogen-bond acceptors (Lipinski definition) is 5. The van der Waals surface area contributed by atoms with Crippen LogP contribution in [0.4, 0.5) is 0 Å². The number of hydrogen-bond donors (Lipinski definition) is 1. The van der Waals surface area contributed by atoms with Gasteiger partial charge in [0.05, 0.1) is 11.3 Å². The second-order valence-electron chi connectivity index (χ2n) is 5.76. The normalized spacial score (nSPS) is 28.4. The van der Waals surface area contributed by atoms with Gasteiger partial charge >= 0.3 is 0 Å². The third kappa shape index (κ3) is 2.18. The van der Waals surface area contributed by atoms with E-state index in [9.17, 15) is 9.59 Å². The summed E-state index contributed by atoms with van der Waals surface area (Å²) in [5.74, 6) is -0.0740. The van der Waals surface area contributed by atoms with Gasteiger partial charge in [-0.1, -0.05) is 0 Å². The molecule has 6 heteroatoms. The summed E-state index contributed by atoms with van der Waals surface area (Å²) in [6.07, 6.45) is 4.36. The number of amides is 1. The van der Waals surface area contributed by atoms with Gasteiger partial charge < -0.3 is 15.4 Å². The number of carbonyl (C=O) groups excluding carboxylic acids is 2. The van der Waals surface area contributed by atoms with E-state index in [-0.39, 0.29) is 22.1 Å². The van der Waals surface area contributed by atoms with E-state index in [1.54, 1.807) is 28.9 Å². The molecule has 110 valence electrons. The summed E-state index contributed by atoms with van der Waals surface area (Å²) in [5, 5.41) is -0.0500. The molecule has 2 aliphatic heterocycles. The molecule has 21 heavy (non-hydrogen) atoms. The highest BCUT2D eigenvalue weighted by Crippen LogP contribution is 2.52. The molecule has 0 aromatic carbocycles. The van der Waals surface area contributed by atoms with Crippen LogP contribution in [0.1, 0.15) is 25.1 Å². The zero-order valence-electron chi connectivity index (χ0n) is 11.9. The van der Waals surface area contributed by atoms with Gasteiger partial charge in [-0.15, -0.1) is 11.8 Å². The van der Waals surface area contributed by atoms with Gasteiger partial charge in [0, 0.05) is 17.5 Å². The van der Waals surface area contributed by atoms with E-state index in [0.717, 1.165) is 17.5 Å². The molecule has 1 unspecified atom stereocenters. The fourth-order valence-corrected chi connectivity index (χ4v) is 4.27. The van der Waals surface area contributed by atoms with Crippen molar-refractivity contribution in [1.82, 2.24) is 9.88 Å². The van der Waals surface area contributed by atoms with Crippen LogP contribution in [0.15, 0.2) is 23.9 Å². The van der Waals surface area contributed by atoms with E-state index in [1.165, 1.54) is 0 Å². The zero-order valence-corrected chi connectivity index (χ0v) is 12.8. The molecule has 0 spiro atoms. The highest BCUT2D eigenvalue weighted by Gasteiger charge is 2.58. The van der Waals surface area contributed by atoms with Gasteiger partial charge in [-0.25, -0.2) is 0 Å². The Kier molecular flexibility index (Phi) is 3.37. The third-order valence-electron chi connectivity index (χ3n) is 3.94. The number of fused-ring (bicyclic) bond motifs is 1. The van der Waals surface area contributed by atoms with Gasteiger partial charge in [-0.3, -0.25) is 9.78 Å². The van der Waals surface area contributed by atoms with Gasteiger partial charge in [0.2, 0.25) is 0 Å². The number of nitrogens with two attached hydrogens (primary N) is 1. The predicted molar refractivity (Wildman–Crippen MR) is 82.3 cm³/mol. The third-order valence-corrected chi connectivity index (χ3v) is 5.49. The van der Waals surface area contributed by atoms with E-state index in [2.05, 4.69) is 4.98 Å². The Hall–Kier alpha value is -1.66. The number of aldehydes is 1. The lowest BCUT2D eigenvalue weighted by atomic mass is 9.96. The molecule has 1 aromatic rings. The molecule has 0 bridgehead atoms. The Labute approximate surface area is 127 Å². The number of rotatable bonds is 3. The quantitative estimate of drug-likeness (QED) is 0.515. The van der Waals surface area contributed by atoms with Crippen molar-refractivity contribution in [3.8, 4) is 0 Å². The molecule has 1 aromatic heterocycles. The molecule has 0 radical (unpaired) electrons. The topological polar surface area (TPSA) is 76.3 Å². The first kappa shape index (κ1) is 14.3. The van der Waals surface area contributed by atoms with E-state index >= 15 is 0 Å². The van der Waals surface area contributed by atoms with Crippen molar-refractivity contribution in [1.29, 1.82) is 0 Å². The molecule has 1 amide bonds. The van der Waals surface area contributed by atoms with Crippen LogP contribution >= 0.6 is 11.8 Å². The Morgan fingerprint density at radius 1 is 1.52 bits per heavy atom. The maximum atomic E-state index is 12.3. The summed E-state index contributed by atoms with van der Waals surface area (Å²) in [7, 11) is 0. The summed E-state index contributed by atoms with van der Waals surface area (Å²) >= 11 is 1.64. The fourth-order valence-electron chi connectivity index (χ4n) is 2.75. The maximum absolute atomic E-state index is 12.3. The van der Waals surface area contributed by atoms with Crippen molar-refractivity contribution in [2.75, 3.05) is 0 Å². The smallest absolute Gasteiger partial charge is 0.254 e. The average molecular weight is 303 g/mol. The molecule has 3 heterocycles. The lowest BCUT2D eigenvalue weighted by molar-refractivity contribution is -0.139. The molecule has 2 atom stereocenters. The summed E-state index contributed by atoms with van der Waals surface area (Å²) in [4.78, 5) is 29.5. The van der Waals surface area contributed by atoms with Gasteiger partial charge in [-0.2, -0.15) is 0 Å². The summed E-state index contributed by atoms with van der Waals surface area (Å²) in [6.45, 7) is 4.43. The molecule has 2 fully saturated rings. The van der Waals surface area contributed by atoms with E-state index in [1.807, 2.05) is 26.0 Å². The molecule has 0 aliphatic carbocycles. The number of carbonyl (C=O) groups is 2. The first-order valence-electron chi connectivity index (χ1n) is 6.80. The number of thioether (sulfide) groups is 1. The minimum Gasteiger partial charge on any atom is -0.326 e. The molecule has 2 saturated heterocycles. The van der Waals surface area contributed by atoms with Crippen molar-refractivity contribution in [3.63, 3.8) is 0 Å². The Morgan fingerprint density at radius 3 is 2.95 bits per heavy atom. The minimum absolute atomic E-state index is 0.0500. The second-order valence-corrected chi connectivity index (χ2v) is 7.49. The van der Waals surface area contributed by atoms with Crippen LogP contribution in [0, 0.1) is 0 Å². The van der Waals surface area contributed by atoms with Crippen LogP contribution in [0.2, 0.25) is 0 Å². The highest BCUT2D eigenvalue weighted by atomic mass is 32.2. The van der Waals surface area contributed by atoms with Crippen LogP contribution in [-0.2, 0) is 16.1 Å². The van der Waals surface area contributed by atoms with Gasteiger partial charge in [0.1, 0.15) is 17.7 Å². The van der Waals surface area contributed by atoms with Crippen LogP contribution in [0.25, 0.3) is 6.08 Å². The lowest BCUT2D eigenvalue weighted by Crippen LogP contribution is -2.56.